The number of hydrogen-bond acceptors (Lipinski definition) is 2. The van der Waals surface area contributed by atoms with Crippen molar-refractivity contribution in [2.45, 2.75) is 58.5 Å². The first-order valence-corrected chi connectivity index (χ1v) is 5.88. The van der Waals surface area contributed by atoms with Gasteiger partial charge in [0.1, 0.15) is 0 Å². The molecule has 0 heterocycles. The van der Waals surface area contributed by atoms with Gasteiger partial charge in [-0.3, -0.25) is 4.90 Å². The number of rotatable bonds is 3. The van der Waals surface area contributed by atoms with Crippen molar-refractivity contribution in [1.29, 1.82) is 0 Å². The largest absolute Gasteiger partial charge is 0.329 e. The van der Waals surface area contributed by atoms with E-state index in [0.29, 0.717) is 11.5 Å². The van der Waals surface area contributed by atoms with Crippen LogP contribution in [0.1, 0.15) is 46.5 Å². The molecule has 2 N–H and O–H groups in total. The molecule has 0 bridgehead atoms. The summed E-state index contributed by atoms with van der Waals surface area (Å²) in [5.41, 5.74) is 6.24. The highest BCUT2D eigenvalue weighted by Crippen LogP contribution is 2.37. The highest BCUT2D eigenvalue weighted by Gasteiger charge is 2.31. The fourth-order valence-corrected chi connectivity index (χ4v) is 2.53. The lowest BCUT2D eigenvalue weighted by Crippen LogP contribution is -2.45. The first-order chi connectivity index (χ1) is 6.46. The average molecular weight is 198 g/mol. The Morgan fingerprint density at radius 3 is 2.64 bits per heavy atom. The van der Waals surface area contributed by atoms with E-state index in [1.807, 2.05) is 0 Å². The molecule has 0 aromatic carbocycles. The molecule has 1 fully saturated rings. The second-order valence-electron chi connectivity index (χ2n) is 5.66. The number of nitrogens with two attached hydrogens (primary N) is 1. The molecular formula is C12H26N2. The summed E-state index contributed by atoms with van der Waals surface area (Å²) in [7, 11) is 2.23. The Labute approximate surface area is 88.8 Å². The quantitative estimate of drug-likeness (QED) is 0.753. The van der Waals surface area contributed by atoms with E-state index in [4.69, 9.17) is 5.73 Å². The van der Waals surface area contributed by atoms with Gasteiger partial charge in [-0.05, 0) is 38.6 Å². The summed E-state index contributed by atoms with van der Waals surface area (Å²) in [6.45, 7) is 7.77. The van der Waals surface area contributed by atoms with Crippen molar-refractivity contribution in [2.24, 2.45) is 11.1 Å². The van der Waals surface area contributed by atoms with E-state index in [0.717, 1.165) is 12.6 Å². The van der Waals surface area contributed by atoms with Crippen molar-refractivity contribution in [1.82, 2.24) is 4.90 Å². The lowest BCUT2D eigenvalue weighted by molar-refractivity contribution is 0.0905. The minimum atomic E-state index is 0.522. The molecule has 0 saturated heterocycles. The highest BCUT2D eigenvalue weighted by atomic mass is 15.2. The van der Waals surface area contributed by atoms with Gasteiger partial charge in [-0.15, -0.1) is 0 Å². The van der Waals surface area contributed by atoms with Crippen LogP contribution in [0.25, 0.3) is 0 Å². The molecule has 0 amide bonds. The van der Waals surface area contributed by atoms with Crippen molar-refractivity contribution in [3.05, 3.63) is 0 Å². The zero-order chi connectivity index (χ0) is 10.8. The van der Waals surface area contributed by atoms with E-state index in [1.54, 1.807) is 0 Å². The molecule has 1 saturated carbocycles. The first-order valence-electron chi connectivity index (χ1n) is 5.88. The van der Waals surface area contributed by atoms with E-state index in [1.165, 1.54) is 25.7 Å². The minimum absolute atomic E-state index is 0.522. The van der Waals surface area contributed by atoms with Crippen LogP contribution in [-0.4, -0.2) is 30.6 Å². The summed E-state index contributed by atoms with van der Waals surface area (Å²) in [6, 6.07) is 1.27. The molecule has 84 valence electrons. The summed E-state index contributed by atoms with van der Waals surface area (Å²) >= 11 is 0. The maximum atomic E-state index is 5.71. The summed E-state index contributed by atoms with van der Waals surface area (Å²) in [5, 5.41) is 0. The molecular weight excluding hydrogens is 172 g/mol. The molecule has 1 rings (SSSR count). The third-order valence-electron chi connectivity index (χ3n) is 3.79. The van der Waals surface area contributed by atoms with Crippen LogP contribution in [0.2, 0.25) is 0 Å². The predicted octanol–water partition coefficient (Wildman–Crippen LogP) is 2.23. The van der Waals surface area contributed by atoms with Gasteiger partial charge in [-0.2, -0.15) is 0 Å². The minimum Gasteiger partial charge on any atom is -0.329 e. The van der Waals surface area contributed by atoms with E-state index in [2.05, 4.69) is 32.7 Å². The molecule has 0 aromatic heterocycles. The van der Waals surface area contributed by atoms with E-state index in [-0.39, 0.29) is 0 Å². The Morgan fingerprint density at radius 1 is 1.50 bits per heavy atom. The molecule has 0 aliphatic heterocycles. The monoisotopic (exact) mass is 198 g/mol. The van der Waals surface area contributed by atoms with Gasteiger partial charge in [0.15, 0.2) is 0 Å². The fraction of sp³-hybridized carbons (Fsp3) is 1.00. The van der Waals surface area contributed by atoms with Crippen LogP contribution in [0.4, 0.5) is 0 Å². The van der Waals surface area contributed by atoms with Crippen LogP contribution < -0.4 is 5.73 Å². The van der Waals surface area contributed by atoms with Crippen molar-refractivity contribution >= 4 is 0 Å². The van der Waals surface area contributed by atoms with E-state index >= 15 is 0 Å². The topological polar surface area (TPSA) is 29.3 Å². The van der Waals surface area contributed by atoms with Crippen LogP contribution >= 0.6 is 0 Å². The van der Waals surface area contributed by atoms with Crippen molar-refractivity contribution in [3.8, 4) is 0 Å². The third kappa shape index (κ3) is 2.96. The normalized spacial score (nSPS) is 29.1. The van der Waals surface area contributed by atoms with Crippen LogP contribution in [0.15, 0.2) is 0 Å². The second-order valence-corrected chi connectivity index (χ2v) is 5.66. The smallest absolute Gasteiger partial charge is 0.0190 e. The second kappa shape index (κ2) is 4.63. The molecule has 2 unspecified atom stereocenters. The van der Waals surface area contributed by atoms with Crippen molar-refractivity contribution < 1.29 is 0 Å². The van der Waals surface area contributed by atoms with Crippen LogP contribution in [0.3, 0.4) is 0 Å². The molecule has 2 heteroatoms. The van der Waals surface area contributed by atoms with Gasteiger partial charge < -0.3 is 5.73 Å². The summed E-state index contributed by atoms with van der Waals surface area (Å²) < 4.78 is 0. The Balaban J connectivity index is 2.51. The first kappa shape index (κ1) is 12.0. The maximum Gasteiger partial charge on any atom is 0.0190 e. The van der Waals surface area contributed by atoms with Crippen molar-refractivity contribution in [2.75, 3.05) is 13.6 Å². The number of nitrogens with zero attached hydrogens (tertiary/aromatic N) is 1. The van der Waals surface area contributed by atoms with Gasteiger partial charge in [0.05, 0.1) is 0 Å². The lowest BCUT2D eigenvalue weighted by atomic mass is 9.74. The number of hydrogen-bond donors (Lipinski definition) is 1. The van der Waals surface area contributed by atoms with Gasteiger partial charge in [0.2, 0.25) is 0 Å². The van der Waals surface area contributed by atoms with Gasteiger partial charge >= 0.3 is 0 Å². The molecule has 2 atom stereocenters. The Kier molecular flexibility index (Phi) is 3.96. The van der Waals surface area contributed by atoms with Gasteiger partial charge in [-0.25, -0.2) is 0 Å². The zero-order valence-corrected chi connectivity index (χ0v) is 10.2. The van der Waals surface area contributed by atoms with Crippen molar-refractivity contribution in [3.63, 3.8) is 0 Å². The predicted molar refractivity (Wildman–Crippen MR) is 62.3 cm³/mol. The summed E-state index contributed by atoms with van der Waals surface area (Å²) in [5.74, 6) is 0. The summed E-state index contributed by atoms with van der Waals surface area (Å²) in [4.78, 5) is 2.47. The average Bonchev–Trinajstić information content (AvgIpc) is 2.14. The molecule has 1 aliphatic carbocycles. The SMILES string of the molecule is CC(CN)N(C)C1CCCC(C)(C)C1. The third-order valence-corrected chi connectivity index (χ3v) is 3.79. The number of likely N-dealkylation sites (N-methyl/N-ethyl adjacent to an activating group) is 1. The Bertz CT molecular complexity index is 177. The zero-order valence-electron chi connectivity index (χ0n) is 10.2. The molecule has 14 heavy (non-hydrogen) atoms. The Morgan fingerprint density at radius 2 is 2.14 bits per heavy atom. The van der Waals surface area contributed by atoms with E-state index < -0.39 is 0 Å². The lowest BCUT2D eigenvalue weighted by Gasteiger charge is -2.41. The van der Waals surface area contributed by atoms with Crippen LogP contribution in [0, 0.1) is 5.41 Å². The van der Waals surface area contributed by atoms with Crippen LogP contribution in [0.5, 0.6) is 0 Å². The van der Waals surface area contributed by atoms with Crippen LogP contribution in [-0.2, 0) is 0 Å². The van der Waals surface area contributed by atoms with Gasteiger partial charge in [-0.1, -0.05) is 20.3 Å². The Hall–Kier alpha value is -0.0800. The standard InChI is InChI=1S/C12H26N2/c1-10(9-13)14(4)11-6-5-7-12(2,3)8-11/h10-11H,5-9,13H2,1-4H3. The van der Waals surface area contributed by atoms with Gasteiger partial charge in [0, 0.05) is 18.6 Å². The molecule has 0 radical (unpaired) electrons. The maximum absolute atomic E-state index is 5.71. The molecule has 2 nitrogen and oxygen atoms in total. The molecule has 1 aliphatic rings. The highest BCUT2D eigenvalue weighted by molar-refractivity contribution is 4.85. The summed E-state index contributed by atoms with van der Waals surface area (Å²) in [6.07, 6.45) is 5.44. The molecule has 0 spiro atoms. The van der Waals surface area contributed by atoms with E-state index in [9.17, 15) is 0 Å². The fourth-order valence-electron chi connectivity index (χ4n) is 2.53. The molecule has 0 aromatic rings. The van der Waals surface area contributed by atoms with Gasteiger partial charge in [0.25, 0.3) is 0 Å².